The van der Waals surface area contributed by atoms with E-state index in [1.165, 1.54) is 0 Å². The van der Waals surface area contributed by atoms with Crippen LogP contribution in [0.1, 0.15) is 5.56 Å². The van der Waals surface area contributed by atoms with Gasteiger partial charge in [0.05, 0.1) is 26.1 Å². The first-order valence-corrected chi connectivity index (χ1v) is 5.33. The second-order valence-corrected chi connectivity index (χ2v) is 3.19. The van der Waals surface area contributed by atoms with Crippen molar-refractivity contribution in [2.24, 2.45) is 0 Å². The molecule has 1 aromatic carbocycles. The first kappa shape index (κ1) is 12.7. The van der Waals surface area contributed by atoms with Crippen molar-refractivity contribution in [3.05, 3.63) is 42.2 Å². The van der Waals surface area contributed by atoms with E-state index in [2.05, 4.69) is 0 Å². The van der Waals surface area contributed by atoms with Crippen LogP contribution in [-0.4, -0.2) is 33.5 Å². The highest BCUT2D eigenvalue weighted by atomic mass is 16.5. The Balaban J connectivity index is 2.01. The molecule has 0 spiro atoms. The second kappa shape index (κ2) is 8.95. The van der Waals surface area contributed by atoms with Gasteiger partial charge in [0.1, 0.15) is 6.61 Å². The third-order valence-corrected chi connectivity index (χ3v) is 1.93. The van der Waals surface area contributed by atoms with Gasteiger partial charge in [-0.15, -0.1) is 0 Å². The number of rotatable bonds is 8. The van der Waals surface area contributed by atoms with Crippen molar-refractivity contribution < 1.29 is 14.2 Å². The molecule has 88 valence electrons. The summed E-state index contributed by atoms with van der Waals surface area (Å²) in [6.45, 7) is 2.39. The van der Waals surface area contributed by atoms with Crippen LogP contribution >= 0.6 is 0 Å². The summed E-state index contributed by atoms with van der Waals surface area (Å²) < 4.78 is 15.4. The topological polar surface area (TPSA) is 27.7 Å². The third-order valence-electron chi connectivity index (χ3n) is 1.93. The first-order valence-electron chi connectivity index (χ1n) is 5.33. The van der Waals surface area contributed by atoms with Crippen LogP contribution in [0.5, 0.6) is 0 Å². The summed E-state index contributed by atoms with van der Waals surface area (Å²) in [5.41, 5.74) is 1.13. The second-order valence-electron chi connectivity index (χ2n) is 3.19. The molecule has 0 aromatic heterocycles. The fraction of sp³-hybridized carbons (Fsp3) is 0.385. The molecule has 0 saturated heterocycles. The molecule has 3 heteroatoms. The largest absolute Gasteiger partial charge is 0.499 e. The predicted molar refractivity (Wildman–Crippen MR) is 64.1 cm³/mol. The zero-order valence-corrected chi connectivity index (χ0v) is 9.59. The average molecular weight is 222 g/mol. The average Bonchev–Trinajstić information content (AvgIpc) is 2.34. The lowest BCUT2D eigenvalue weighted by atomic mass is 10.2. The monoisotopic (exact) mass is 222 g/mol. The molecule has 0 aliphatic carbocycles. The van der Waals surface area contributed by atoms with Crippen molar-refractivity contribution >= 4 is 6.08 Å². The predicted octanol–water partition coefficient (Wildman–Crippen LogP) is 2.34. The summed E-state index contributed by atoms with van der Waals surface area (Å²) in [7, 11) is 1.66. The van der Waals surface area contributed by atoms with E-state index in [1.54, 1.807) is 13.4 Å². The van der Waals surface area contributed by atoms with E-state index >= 15 is 0 Å². The van der Waals surface area contributed by atoms with Gasteiger partial charge in [0.25, 0.3) is 0 Å². The van der Waals surface area contributed by atoms with Crippen LogP contribution in [0.15, 0.2) is 36.6 Å². The van der Waals surface area contributed by atoms with E-state index in [1.807, 2.05) is 36.4 Å². The zero-order chi connectivity index (χ0) is 11.5. The van der Waals surface area contributed by atoms with Crippen molar-refractivity contribution in [3.8, 4) is 0 Å². The minimum absolute atomic E-state index is 0.563. The van der Waals surface area contributed by atoms with Crippen LogP contribution in [0, 0.1) is 0 Å². The smallest absolute Gasteiger partial charge is 0.111 e. The molecule has 0 aliphatic heterocycles. The molecule has 0 bridgehead atoms. The summed E-state index contributed by atoms with van der Waals surface area (Å²) in [6.07, 6.45) is 3.62. The standard InChI is InChI=1S/C13H18O3/c1-14-9-10-16-12-11-15-8-7-13-5-3-2-4-6-13/h2-8H,9-12H2,1H3. The van der Waals surface area contributed by atoms with Crippen molar-refractivity contribution in [2.75, 3.05) is 33.5 Å². The molecule has 0 atom stereocenters. The Kier molecular flexibility index (Phi) is 7.13. The van der Waals surface area contributed by atoms with Crippen LogP contribution in [0.4, 0.5) is 0 Å². The summed E-state index contributed by atoms with van der Waals surface area (Å²) in [5.74, 6) is 0. The van der Waals surface area contributed by atoms with Gasteiger partial charge in [0.2, 0.25) is 0 Å². The van der Waals surface area contributed by atoms with E-state index < -0.39 is 0 Å². The van der Waals surface area contributed by atoms with Crippen molar-refractivity contribution in [2.45, 2.75) is 0 Å². The highest BCUT2D eigenvalue weighted by Gasteiger charge is 1.87. The fourth-order valence-corrected chi connectivity index (χ4v) is 1.11. The van der Waals surface area contributed by atoms with Crippen molar-refractivity contribution in [3.63, 3.8) is 0 Å². The van der Waals surface area contributed by atoms with Gasteiger partial charge in [0.15, 0.2) is 0 Å². The fourth-order valence-electron chi connectivity index (χ4n) is 1.11. The van der Waals surface area contributed by atoms with Gasteiger partial charge < -0.3 is 14.2 Å². The number of hydrogen-bond acceptors (Lipinski definition) is 3. The maximum absolute atomic E-state index is 5.27. The van der Waals surface area contributed by atoms with E-state index in [-0.39, 0.29) is 0 Å². The Morgan fingerprint density at radius 2 is 1.75 bits per heavy atom. The molecule has 1 aromatic rings. The summed E-state index contributed by atoms with van der Waals surface area (Å²) in [4.78, 5) is 0. The molecule has 0 saturated carbocycles. The molecule has 0 heterocycles. The SMILES string of the molecule is COCCOCCOC=Cc1ccccc1. The van der Waals surface area contributed by atoms with E-state index in [0.29, 0.717) is 26.4 Å². The molecular weight excluding hydrogens is 204 g/mol. The Morgan fingerprint density at radius 3 is 2.50 bits per heavy atom. The lowest BCUT2D eigenvalue weighted by molar-refractivity contribution is 0.0467. The third kappa shape index (κ3) is 6.22. The van der Waals surface area contributed by atoms with Crippen LogP contribution in [-0.2, 0) is 14.2 Å². The summed E-state index contributed by atoms with van der Waals surface area (Å²) >= 11 is 0. The molecule has 1 rings (SSSR count). The van der Waals surface area contributed by atoms with Crippen molar-refractivity contribution in [1.29, 1.82) is 0 Å². The van der Waals surface area contributed by atoms with Gasteiger partial charge in [-0.25, -0.2) is 0 Å². The Morgan fingerprint density at radius 1 is 1.00 bits per heavy atom. The Hall–Kier alpha value is -1.32. The van der Waals surface area contributed by atoms with Gasteiger partial charge in [-0.2, -0.15) is 0 Å². The molecule has 0 N–H and O–H groups in total. The molecule has 3 nitrogen and oxygen atoms in total. The summed E-state index contributed by atoms with van der Waals surface area (Å²) in [5, 5.41) is 0. The number of ether oxygens (including phenoxy) is 3. The quantitative estimate of drug-likeness (QED) is 0.499. The summed E-state index contributed by atoms with van der Waals surface area (Å²) in [6, 6.07) is 10.0. The zero-order valence-electron chi connectivity index (χ0n) is 9.59. The van der Waals surface area contributed by atoms with Gasteiger partial charge in [-0.1, -0.05) is 30.3 Å². The lowest BCUT2D eigenvalue weighted by Gasteiger charge is -2.02. The van der Waals surface area contributed by atoms with Gasteiger partial charge >= 0.3 is 0 Å². The van der Waals surface area contributed by atoms with Crippen LogP contribution < -0.4 is 0 Å². The molecule has 0 amide bonds. The van der Waals surface area contributed by atoms with E-state index in [9.17, 15) is 0 Å². The maximum atomic E-state index is 5.27. The molecule has 0 unspecified atom stereocenters. The number of benzene rings is 1. The van der Waals surface area contributed by atoms with Gasteiger partial charge in [-0.3, -0.25) is 0 Å². The maximum Gasteiger partial charge on any atom is 0.111 e. The molecule has 0 aliphatic rings. The van der Waals surface area contributed by atoms with Crippen LogP contribution in [0.3, 0.4) is 0 Å². The van der Waals surface area contributed by atoms with Gasteiger partial charge in [0, 0.05) is 7.11 Å². The highest BCUT2D eigenvalue weighted by molar-refractivity contribution is 5.47. The minimum atomic E-state index is 0.563. The molecule has 0 radical (unpaired) electrons. The van der Waals surface area contributed by atoms with Crippen LogP contribution in [0.2, 0.25) is 0 Å². The molecule has 16 heavy (non-hydrogen) atoms. The molecular formula is C13H18O3. The number of methoxy groups -OCH3 is 1. The van der Waals surface area contributed by atoms with Crippen molar-refractivity contribution in [1.82, 2.24) is 0 Å². The Labute approximate surface area is 96.6 Å². The highest BCUT2D eigenvalue weighted by Crippen LogP contribution is 2.00. The normalized spacial score (nSPS) is 10.8. The van der Waals surface area contributed by atoms with E-state index in [4.69, 9.17) is 14.2 Å². The Bertz CT molecular complexity index is 282. The lowest BCUT2D eigenvalue weighted by Crippen LogP contribution is -2.06. The minimum Gasteiger partial charge on any atom is -0.499 e. The number of hydrogen-bond donors (Lipinski definition) is 0. The first-order chi connectivity index (χ1) is 7.93. The molecule has 0 fully saturated rings. The van der Waals surface area contributed by atoms with E-state index in [0.717, 1.165) is 5.56 Å². The van der Waals surface area contributed by atoms with Gasteiger partial charge in [-0.05, 0) is 11.6 Å². The van der Waals surface area contributed by atoms with Crippen LogP contribution in [0.25, 0.3) is 6.08 Å².